The van der Waals surface area contributed by atoms with Crippen molar-refractivity contribution >= 4 is 28.9 Å². The van der Waals surface area contributed by atoms with E-state index < -0.39 is 5.69 Å². The molecule has 0 saturated heterocycles. The van der Waals surface area contributed by atoms with Gasteiger partial charge in [-0.2, -0.15) is 0 Å². The van der Waals surface area contributed by atoms with E-state index in [1.54, 1.807) is 0 Å². The maximum Gasteiger partial charge on any atom is 0.244 e. The van der Waals surface area contributed by atoms with Crippen molar-refractivity contribution in [2.24, 2.45) is 0 Å². The standard InChI is InChI=1S/C8H17O2PS2/c1-2-10-11(9,12)13-8-6-4-3-5-7-8/h8H,2-7H2,1H3,(H,9,12). The van der Waals surface area contributed by atoms with Crippen LogP contribution in [0.2, 0.25) is 0 Å². The predicted molar refractivity (Wildman–Crippen MR) is 62.6 cm³/mol. The Morgan fingerprint density at radius 1 is 1.46 bits per heavy atom. The van der Waals surface area contributed by atoms with Crippen molar-refractivity contribution in [1.82, 2.24) is 0 Å². The summed E-state index contributed by atoms with van der Waals surface area (Å²) in [4.78, 5) is 9.73. The third kappa shape index (κ3) is 4.80. The molecule has 1 saturated carbocycles. The Labute approximate surface area is 89.4 Å². The van der Waals surface area contributed by atoms with Crippen LogP contribution in [0.15, 0.2) is 0 Å². The molecule has 1 fully saturated rings. The normalized spacial score (nSPS) is 24.2. The van der Waals surface area contributed by atoms with E-state index in [0.29, 0.717) is 11.9 Å². The van der Waals surface area contributed by atoms with Crippen LogP contribution in [0.4, 0.5) is 0 Å². The quantitative estimate of drug-likeness (QED) is 0.763. The van der Waals surface area contributed by atoms with Gasteiger partial charge in [0.2, 0.25) is 5.69 Å². The van der Waals surface area contributed by atoms with E-state index in [1.807, 2.05) is 6.92 Å². The lowest BCUT2D eigenvalue weighted by Gasteiger charge is -2.24. The molecule has 0 bridgehead atoms. The van der Waals surface area contributed by atoms with Gasteiger partial charge in [-0.25, -0.2) is 0 Å². The van der Waals surface area contributed by atoms with Crippen LogP contribution in [0.5, 0.6) is 0 Å². The highest BCUT2D eigenvalue weighted by Crippen LogP contribution is 2.59. The second-order valence-corrected chi connectivity index (χ2v) is 9.62. The summed E-state index contributed by atoms with van der Waals surface area (Å²) in [5, 5.41) is 0.538. The van der Waals surface area contributed by atoms with Crippen molar-refractivity contribution in [1.29, 1.82) is 0 Å². The number of hydrogen-bond donors (Lipinski definition) is 1. The molecule has 1 rings (SSSR count). The molecule has 1 aliphatic rings. The molecule has 0 aromatic carbocycles. The van der Waals surface area contributed by atoms with E-state index in [-0.39, 0.29) is 0 Å². The van der Waals surface area contributed by atoms with E-state index in [2.05, 4.69) is 0 Å². The minimum Gasteiger partial charge on any atom is -0.337 e. The molecular formula is C8H17O2PS2. The molecule has 0 heterocycles. The van der Waals surface area contributed by atoms with E-state index in [0.717, 1.165) is 0 Å². The van der Waals surface area contributed by atoms with Crippen LogP contribution in [-0.2, 0) is 16.3 Å². The van der Waals surface area contributed by atoms with Crippen molar-refractivity contribution in [3.8, 4) is 0 Å². The van der Waals surface area contributed by atoms with Gasteiger partial charge in [0.25, 0.3) is 0 Å². The third-order valence-corrected chi connectivity index (χ3v) is 6.85. The van der Waals surface area contributed by atoms with Gasteiger partial charge in [0, 0.05) is 5.25 Å². The van der Waals surface area contributed by atoms with Crippen LogP contribution in [0.25, 0.3) is 0 Å². The minimum atomic E-state index is -2.51. The third-order valence-electron chi connectivity index (χ3n) is 2.13. The summed E-state index contributed by atoms with van der Waals surface area (Å²) in [5.74, 6) is 0. The Kier molecular flexibility index (Phi) is 5.27. The maximum atomic E-state index is 9.73. The van der Waals surface area contributed by atoms with E-state index in [1.165, 1.54) is 43.5 Å². The largest absolute Gasteiger partial charge is 0.337 e. The van der Waals surface area contributed by atoms with Crippen LogP contribution in [0.1, 0.15) is 39.0 Å². The fourth-order valence-electron chi connectivity index (χ4n) is 1.55. The summed E-state index contributed by atoms with van der Waals surface area (Å²) < 4.78 is 5.18. The zero-order chi connectivity index (χ0) is 9.73. The van der Waals surface area contributed by atoms with Crippen molar-refractivity contribution in [3.05, 3.63) is 0 Å². The second kappa shape index (κ2) is 5.72. The molecule has 1 N–H and O–H groups in total. The van der Waals surface area contributed by atoms with Crippen LogP contribution in [-0.4, -0.2) is 16.8 Å². The summed E-state index contributed by atoms with van der Waals surface area (Å²) >= 11 is 6.54. The van der Waals surface area contributed by atoms with Crippen molar-refractivity contribution in [2.45, 2.75) is 44.3 Å². The molecular weight excluding hydrogens is 223 g/mol. The average molecular weight is 240 g/mol. The number of rotatable bonds is 4. The van der Waals surface area contributed by atoms with Crippen LogP contribution >= 0.6 is 17.1 Å². The molecule has 5 heteroatoms. The van der Waals surface area contributed by atoms with Crippen LogP contribution < -0.4 is 0 Å². The highest BCUT2D eigenvalue weighted by molar-refractivity contribution is 8.67. The lowest BCUT2D eigenvalue weighted by Crippen LogP contribution is -2.07. The highest BCUT2D eigenvalue weighted by Gasteiger charge is 2.23. The first-order valence-corrected chi connectivity index (χ1v) is 8.95. The molecule has 0 radical (unpaired) electrons. The van der Waals surface area contributed by atoms with Crippen LogP contribution in [0, 0.1) is 0 Å². The zero-order valence-electron chi connectivity index (χ0n) is 7.94. The lowest BCUT2D eigenvalue weighted by atomic mass is 10.0. The number of hydrogen-bond acceptors (Lipinski definition) is 3. The Bertz CT molecular complexity index is 193. The van der Waals surface area contributed by atoms with Gasteiger partial charge in [-0.15, -0.1) is 0 Å². The molecule has 2 nitrogen and oxygen atoms in total. The predicted octanol–water partition coefficient (Wildman–Crippen LogP) is 3.31. The van der Waals surface area contributed by atoms with Crippen molar-refractivity contribution in [3.63, 3.8) is 0 Å². The maximum absolute atomic E-state index is 9.73. The summed E-state index contributed by atoms with van der Waals surface area (Å²) in [6.45, 7) is 2.40. The Balaban J connectivity index is 2.32. The smallest absolute Gasteiger partial charge is 0.244 e. The van der Waals surface area contributed by atoms with Gasteiger partial charge in [-0.1, -0.05) is 30.6 Å². The molecule has 0 aliphatic heterocycles. The molecule has 0 aromatic heterocycles. The van der Waals surface area contributed by atoms with Gasteiger partial charge in [0.05, 0.1) is 6.61 Å². The fourth-order valence-corrected chi connectivity index (χ4v) is 6.53. The molecule has 13 heavy (non-hydrogen) atoms. The summed E-state index contributed by atoms with van der Waals surface area (Å²) in [6.07, 6.45) is 6.27. The van der Waals surface area contributed by atoms with Gasteiger partial charge in [0.15, 0.2) is 0 Å². The van der Waals surface area contributed by atoms with Gasteiger partial charge in [-0.3, -0.25) is 0 Å². The van der Waals surface area contributed by atoms with Gasteiger partial charge in [0.1, 0.15) is 0 Å². The Hall–Kier alpha value is 0.920. The van der Waals surface area contributed by atoms with E-state index >= 15 is 0 Å². The van der Waals surface area contributed by atoms with E-state index in [4.69, 9.17) is 16.3 Å². The summed E-state index contributed by atoms with van der Waals surface area (Å²) in [6, 6.07) is 0. The molecule has 0 amide bonds. The first-order chi connectivity index (χ1) is 6.14. The van der Waals surface area contributed by atoms with Gasteiger partial charge in [-0.05, 0) is 31.6 Å². The van der Waals surface area contributed by atoms with Crippen molar-refractivity contribution < 1.29 is 9.42 Å². The monoisotopic (exact) mass is 240 g/mol. The van der Waals surface area contributed by atoms with Crippen molar-refractivity contribution in [2.75, 3.05) is 6.61 Å². The van der Waals surface area contributed by atoms with Gasteiger partial charge >= 0.3 is 0 Å². The average Bonchev–Trinajstić information content (AvgIpc) is 2.04. The Morgan fingerprint density at radius 3 is 2.62 bits per heavy atom. The molecule has 0 aromatic rings. The fraction of sp³-hybridized carbons (Fsp3) is 1.00. The minimum absolute atomic E-state index is 0.521. The lowest BCUT2D eigenvalue weighted by molar-refractivity contribution is 0.340. The molecule has 78 valence electrons. The SMILES string of the molecule is CCOP(O)(=S)SC1CCCCC1. The Morgan fingerprint density at radius 2 is 2.08 bits per heavy atom. The molecule has 1 aliphatic carbocycles. The first kappa shape index (κ1) is 12.0. The first-order valence-electron chi connectivity index (χ1n) is 4.80. The topological polar surface area (TPSA) is 29.5 Å². The molecule has 1 unspecified atom stereocenters. The summed E-state index contributed by atoms with van der Waals surface area (Å²) in [7, 11) is 0. The second-order valence-electron chi connectivity index (χ2n) is 3.25. The highest BCUT2D eigenvalue weighted by atomic mass is 32.9. The van der Waals surface area contributed by atoms with Gasteiger partial charge < -0.3 is 9.42 Å². The van der Waals surface area contributed by atoms with Crippen LogP contribution in [0.3, 0.4) is 0 Å². The molecule has 1 atom stereocenters. The zero-order valence-corrected chi connectivity index (χ0v) is 10.5. The summed E-state index contributed by atoms with van der Waals surface area (Å²) in [5.41, 5.74) is -2.51. The molecule has 0 spiro atoms. The van der Waals surface area contributed by atoms with E-state index in [9.17, 15) is 4.89 Å².